The van der Waals surface area contributed by atoms with E-state index in [-0.39, 0.29) is 16.2 Å². The van der Waals surface area contributed by atoms with Crippen molar-refractivity contribution in [2.75, 3.05) is 12.0 Å². The topological polar surface area (TPSA) is 59.8 Å². The van der Waals surface area contributed by atoms with Crippen LogP contribution >= 0.6 is 11.8 Å². The van der Waals surface area contributed by atoms with E-state index in [4.69, 9.17) is 9.15 Å². The molecule has 7 heteroatoms. The Kier molecular flexibility index (Phi) is 5.22. The zero-order chi connectivity index (χ0) is 20.4. The molecule has 0 N–H and O–H groups in total. The summed E-state index contributed by atoms with van der Waals surface area (Å²) in [7, 11) is 1.49. The molecule has 0 bridgehead atoms. The van der Waals surface area contributed by atoms with Crippen LogP contribution in [0.15, 0.2) is 76.2 Å². The number of anilines is 1. The summed E-state index contributed by atoms with van der Waals surface area (Å²) >= 11 is 1.18. The first-order valence-electron chi connectivity index (χ1n) is 8.78. The molecular formula is C22H16FNO4S. The highest BCUT2D eigenvalue weighted by molar-refractivity contribution is 8.03. The number of ether oxygens (including phenoxy) is 1. The minimum absolute atomic E-state index is 0.0801. The minimum Gasteiger partial charge on any atom is -0.496 e. The van der Waals surface area contributed by atoms with E-state index in [9.17, 15) is 14.0 Å². The highest BCUT2D eigenvalue weighted by Gasteiger charge is 2.42. The van der Waals surface area contributed by atoms with Gasteiger partial charge in [0.25, 0.3) is 11.8 Å². The fraction of sp³-hybridized carbons (Fsp3) is 0.0909. The Hall–Kier alpha value is -3.32. The van der Waals surface area contributed by atoms with Crippen molar-refractivity contribution in [3.8, 4) is 5.75 Å². The molecule has 1 aliphatic rings. The number of hydrogen-bond acceptors (Lipinski definition) is 5. The number of benzene rings is 2. The second-order valence-electron chi connectivity index (χ2n) is 6.17. The number of hydrogen-bond donors (Lipinski definition) is 0. The fourth-order valence-electron chi connectivity index (χ4n) is 3.12. The number of furan rings is 1. The molecule has 2 heterocycles. The van der Waals surface area contributed by atoms with Gasteiger partial charge in [-0.3, -0.25) is 9.59 Å². The summed E-state index contributed by atoms with van der Waals surface area (Å²) in [5.74, 6) is -0.345. The molecule has 1 aromatic heterocycles. The Morgan fingerprint density at radius 2 is 1.76 bits per heavy atom. The molecule has 3 aromatic rings. The van der Waals surface area contributed by atoms with Crippen LogP contribution in [-0.2, 0) is 15.3 Å². The molecule has 5 nitrogen and oxygen atoms in total. The van der Waals surface area contributed by atoms with Crippen LogP contribution < -0.4 is 9.64 Å². The lowest BCUT2D eigenvalue weighted by Crippen LogP contribution is -2.32. The lowest BCUT2D eigenvalue weighted by molar-refractivity contribution is -0.119. The molecule has 146 valence electrons. The molecule has 0 saturated carbocycles. The number of para-hydroxylation sites is 2. The first-order chi connectivity index (χ1) is 14.1. The molecule has 4 rings (SSSR count). The summed E-state index contributed by atoms with van der Waals surface area (Å²) in [5, 5.41) is 0. The van der Waals surface area contributed by atoms with Crippen molar-refractivity contribution in [2.24, 2.45) is 0 Å². The highest BCUT2D eigenvalue weighted by atomic mass is 32.2. The number of amides is 2. The van der Waals surface area contributed by atoms with Crippen molar-refractivity contribution in [2.45, 2.75) is 5.75 Å². The molecule has 0 unspecified atom stereocenters. The van der Waals surface area contributed by atoms with Gasteiger partial charge in [-0.2, -0.15) is 0 Å². The Morgan fingerprint density at radius 3 is 2.48 bits per heavy atom. The van der Waals surface area contributed by atoms with E-state index >= 15 is 0 Å². The number of carbonyl (C=O) groups excluding carboxylic acids is 2. The second-order valence-corrected chi connectivity index (χ2v) is 7.16. The Morgan fingerprint density at radius 1 is 1.00 bits per heavy atom. The van der Waals surface area contributed by atoms with Gasteiger partial charge in [0.1, 0.15) is 17.3 Å². The molecule has 0 atom stereocenters. The normalized spacial score (nSPS) is 14.1. The van der Waals surface area contributed by atoms with Crippen molar-refractivity contribution in [1.29, 1.82) is 0 Å². The van der Waals surface area contributed by atoms with Crippen LogP contribution in [0.25, 0.3) is 5.57 Å². The first kappa shape index (κ1) is 19.0. The van der Waals surface area contributed by atoms with E-state index < -0.39 is 17.6 Å². The molecule has 0 fully saturated rings. The van der Waals surface area contributed by atoms with E-state index in [2.05, 4.69) is 0 Å². The monoisotopic (exact) mass is 409 g/mol. The van der Waals surface area contributed by atoms with Crippen LogP contribution in [0.1, 0.15) is 11.3 Å². The van der Waals surface area contributed by atoms with E-state index in [0.29, 0.717) is 22.8 Å². The van der Waals surface area contributed by atoms with Gasteiger partial charge in [-0.15, -0.1) is 11.8 Å². The molecule has 2 aromatic carbocycles. The summed E-state index contributed by atoms with van der Waals surface area (Å²) in [5.41, 5.74) is 0.588. The Labute approximate surface area is 170 Å². The van der Waals surface area contributed by atoms with Gasteiger partial charge >= 0.3 is 0 Å². The van der Waals surface area contributed by atoms with E-state index in [1.807, 2.05) is 0 Å². The van der Waals surface area contributed by atoms with Crippen molar-refractivity contribution in [3.05, 3.63) is 89.0 Å². The summed E-state index contributed by atoms with van der Waals surface area (Å²) in [6.07, 6.45) is 1.54. The largest absolute Gasteiger partial charge is 0.496 e. The predicted molar refractivity (Wildman–Crippen MR) is 109 cm³/mol. The number of halogens is 1. The zero-order valence-corrected chi connectivity index (χ0v) is 16.2. The summed E-state index contributed by atoms with van der Waals surface area (Å²) in [6, 6.07) is 16.2. The standard InChI is InChI=1S/C22H16FNO4S/c1-27-18-11-5-2-8-15(18)19-20(29-13-14-7-6-12-28-14)22(26)24(21(19)25)17-10-4-3-9-16(17)23/h2-12H,13H2,1H3. The molecule has 0 aliphatic carbocycles. The van der Waals surface area contributed by atoms with Gasteiger partial charge in [-0.1, -0.05) is 30.3 Å². The molecule has 0 saturated heterocycles. The first-order valence-corrected chi connectivity index (χ1v) is 9.76. The third-order valence-corrected chi connectivity index (χ3v) is 5.55. The third kappa shape index (κ3) is 3.45. The van der Waals surface area contributed by atoms with Crippen molar-refractivity contribution < 1.29 is 23.1 Å². The minimum atomic E-state index is -0.647. The summed E-state index contributed by atoms with van der Waals surface area (Å²) in [4.78, 5) is 27.6. The molecule has 0 radical (unpaired) electrons. The number of methoxy groups -OCH3 is 1. The smallest absolute Gasteiger partial charge is 0.272 e. The average molecular weight is 409 g/mol. The van der Waals surface area contributed by atoms with Crippen molar-refractivity contribution in [1.82, 2.24) is 0 Å². The van der Waals surface area contributed by atoms with Crippen LogP contribution in [0.2, 0.25) is 0 Å². The number of thioether (sulfide) groups is 1. The van der Waals surface area contributed by atoms with Crippen LogP contribution in [0, 0.1) is 5.82 Å². The van der Waals surface area contributed by atoms with Gasteiger partial charge in [0, 0.05) is 5.56 Å². The summed E-state index contributed by atoms with van der Waals surface area (Å²) in [6.45, 7) is 0. The number of carbonyl (C=O) groups is 2. The van der Waals surface area contributed by atoms with Gasteiger partial charge in [0.15, 0.2) is 0 Å². The van der Waals surface area contributed by atoms with Gasteiger partial charge < -0.3 is 9.15 Å². The molecular weight excluding hydrogens is 393 g/mol. The fourth-order valence-corrected chi connectivity index (χ4v) is 4.13. The number of rotatable bonds is 6. The number of imide groups is 1. The van der Waals surface area contributed by atoms with Gasteiger partial charge in [-0.25, -0.2) is 9.29 Å². The maximum atomic E-state index is 14.4. The van der Waals surface area contributed by atoms with Crippen molar-refractivity contribution >= 4 is 34.8 Å². The average Bonchev–Trinajstić information content (AvgIpc) is 3.33. The van der Waals surface area contributed by atoms with E-state index in [0.717, 1.165) is 4.90 Å². The van der Waals surface area contributed by atoms with E-state index in [1.54, 1.807) is 48.7 Å². The molecule has 0 spiro atoms. The molecule has 1 aliphatic heterocycles. The molecule has 29 heavy (non-hydrogen) atoms. The van der Waals surface area contributed by atoms with Crippen LogP contribution in [0.5, 0.6) is 5.75 Å². The Balaban J connectivity index is 1.81. The molecule has 2 amide bonds. The van der Waals surface area contributed by atoms with Crippen molar-refractivity contribution in [3.63, 3.8) is 0 Å². The zero-order valence-electron chi connectivity index (χ0n) is 15.4. The van der Waals surface area contributed by atoms with Gasteiger partial charge in [0.05, 0.1) is 35.3 Å². The number of nitrogens with zero attached hydrogens (tertiary/aromatic N) is 1. The van der Waals surface area contributed by atoms with Crippen LogP contribution in [0.4, 0.5) is 10.1 Å². The van der Waals surface area contributed by atoms with E-state index in [1.165, 1.54) is 37.1 Å². The SMILES string of the molecule is COc1ccccc1C1=C(SCc2ccco2)C(=O)N(c2ccccc2F)C1=O. The van der Waals surface area contributed by atoms with Crippen LogP contribution in [0.3, 0.4) is 0 Å². The third-order valence-electron chi connectivity index (χ3n) is 4.45. The Bertz CT molecular complexity index is 1110. The second kappa shape index (κ2) is 7.97. The predicted octanol–water partition coefficient (Wildman–Crippen LogP) is 4.65. The maximum Gasteiger partial charge on any atom is 0.272 e. The highest BCUT2D eigenvalue weighted by Crippen LogP contribution is 2.42. The lowest BCUT2D eigenvalue weighted by Gasteiger charge is -2.16. The summed E-state index contributed by atoms with van der Waals surface area (Å²) < 4.78 is 25.1. The van der Waals surface area contributed by atoms with Gasteiger partial charge in [-0.05, 0) is 30.3 Å². The maximum absolute atomic E-state index is 14.4. The van der Waals surface area contributed by atoms with Crippen LogP contribution in [-0.4, -0.2) is 18.9 Å². The van der Waals surface area contributed by atoms with Gasteiger partial charge in [0.2, 0.25) is 0 Å². The lowest BCUT2D eigenvalue weighted by atomic mass is 10.0. The quantitative estimate of drug-likeness (QED) is 0.555.